The van der Waals surface area contributed by atoms with Crippen LogP contribution in [0.1, 0.15) is 6.42 Å². The molecule has 0 heterocycles. The topological polar surface area (TPSA) is 94.9 Å². The van der Waals surface area contributed by atoms with Crippen molar-refractivity contribution in [1.29, 1.82) is 0 Å². The molecule has 0 aromatic heterocycles. The van der Waals surface area contributed by atoms with Crippen molar-refractivity contribution in [3.8, 4) is 0 Å². The number of aldehydes is 1. The molecular weight excluding hydrogens is 154 g/mol. The summed E-state index contributed by atoms with van der Waals surface area (Å²) in [5, 5.41) is 16.4. The summed E-state index contributed by atoms with van der Waals surface area (Å²) in [6, 6.07) is 0. The molecule has 0 fully saturated rings. The standard InChI is InChI=1S/C5H7NO5/c7-3-1-2-6(4(8)9)5(10)11/h3H,1-2H2,(H,8,9)(H,10,11). The van der Waals surface area contributed by atoms with Crippen molar-refractivity contribution in [2.24, 2.45) is 0 Å². The van der Waals surface area contributed by atoms with Crippen molar-refractivity contribution in [2.75, 3.05) is 6.54 Å². The Hall–Kier alpha value is -1.59. The normalized spacial score (nSPS) is 8.73. The van der Waals surface area contributed by atoms with Crippen molar-refractivity contribution < 1.29 is 24.6 Å². The summed E-state index contributed by atoms with van der Waals surface area (Å²) >= 11 is 0. The molecule has 0 saturated carbocycles. The van der Waals surface area contributed by atoms with Crippen molar-refractivity contribution in [3.05, 3.63) is 0 Å². The van der Waals surface area contributed by atoms with E-state index in [0.29, 0.717) is 6.29 Å². The highest BCUT2D eigenvalue weighted by molar-refractivity contribution is 5.85. The third-order valence-corrected chi connectivity index (χ3v) is 0.932. The van der Waals surface area contributed by atoms with Crippen LogP contribution in [-0.2, 0) is 4.79 Å². The fourth-order valence-corrected chi connectivity index (χ4v) is 0.455. The lowest BCUT2D eigenvalue weighted by Crippen LogP contribution is -2.35. The van der Waals surface area contributed by atoms with Crippen LogP contribution in [-0.4, -0.2) is 40.1 Å². The summed E-state index contributed by atoms with van der Waals surface area (Å²) in [6.45, 7) is -0.311. The number of imide groups is 1. The van der Waals surface area contributed by atoms with Crippen LogP contribution in [0.5, 0.6) is 0 Å². The second kappa shape index (κ2) is 4.26. The maximum atomic E-state index is 10.1. The summed E-state index contributed by atoms with van der Waals surface area (Å²) in [5.41, 5.74) is 0. The Morgan fingerprint density at radius 1 is 1.27 bits per heavy atom. The zero-order valence-corrected chi connectivity index (χ0v) is 5.56. The van der Waals surface area contributed by atoms with E-state index in [1.54, 1.807) is 0 Å². The molecule has 0 aliphatic heterocycles. The summed E-state index contributed by atoms with van der Waals surface area (Å²) in [4.78, 5) is 30.0. The molecule has 0 radical (unpaired) electrons. The number of hydrogen-bond donors (Lipinski definition) is 2. The van der Waals surface area contributed by atoms with Gasteiger partial charge in [-0.3, -0.25) is 0 Å². The first kappa shape index (κ1) is 9.41. The van der Waals surface area contributed by atoms with Gasteiger partial charge in [-0.25, -0.2) is 14.5 Å². The molecule has 0 unspecified atom stereocenters. The number of carboxylic acid groups (broad SMARTS) is 2. The fourth-order valence-electron chi connectivity index (χ4n) is 0.455. The first-order valence-corrected chi connectivity index (χ1v) is 2.76. The van der Waals surface area contributed by atoms with Gasteiger partial charge in [0.25, 0.3) is 0 Å². The highest BCUT2D eigenvalue weighted by Gasteiger charge is 2.17. The predicted molar refractivity (Wildman–Crippen MR) is 33.4 cm³/mol. The van der Waals surface area contributed by atoms with Gasteiger partial charge in [0.1, 0.15) is 6.29 Å². The third-order valence-electron chi connectivity index (χ3n) is 0.932. The molecule has 2 amide bonds. The minimum atomic E-state index is -1.57. The van der Waals surface area contributed by atoms with Gasteiger partial charge in [-0.2, -0.15) is 0 Å². The minimum absolute atomic E-state index is 0.113. The second-order valence-electron chi connectivity index (χ2n) is 1.67. The monoisotopic (exact) mass is 161 g/mol. The first-order chi connectivity index (χ1) is 5.09. The van der Waals surface area contributed by atoms with Crippen LogP contribution in [0.25, 0.3) is 0 Å². The SMILES string of the molecule is O=CCCN(C(=O)O)C(=O)O. The molecule has 0 bridgehead atoms. The average molecular weight is 161 g/mol. The Morgan fingerprint density at radius 2 is 1.73 bits per heavy atom. The van der Waals surface area contributed by atoms with Gasteiger partial charge in [0.05, 0.1) is 0 Å². The van der Waals surface area contributed by atoms with E-state index in [-0.39, 0.29) is 17.9 Å². The Balaban J connectivity index is 4.00. The van der Waals surface area contributed by atoms with E-state index >= 15 is 0 Å². The zero-order chi connectivity index (χ0) is 8.85. The molecule has 6 heteroatoms. The van der Waals surface area contributed by atoms with E-state index in [1.807, 2.05) is 0 Å². The second-order valence-corrected chi connectivity index (χ2v) is 1.67. The van der Waals surface area contributed by atoms with Crippen LogP contribution >= 0.6 is 0 Å². The number of hydrogen-bond acceptors (Lipinski definition) is 3. The first-order valence-electron chi connectivity index (χ1n) is 2.76. The molecule has 0 atom stereocenters. The highest BCUT2D eigenvalue weighted by atomic mass is 16.4. The van der Waals surface area contributed by atoms with Crippen LogP contribution < -0.4 is 0 Å². The Morgan fingerprint density at radius 3 is 2.00 bits per heavy atom. The lowest BCUT2D eigenvalue weighted by atomic mass is 10.4. The summed E-state index contributed by atoms with van der Waals surface area (Å²) < 4.78 is 0. The maximum Gasteiger partial charge on any atom is 0.416 e. The number of amides is 2. The minimum Gasteiger partial charge on any atom is -0.465 e. The predicted octanol–water partition coefficient (Wildman–Crippen LogP) is 0.233. The van der Waals surface area contributed by atoms with Crippen molar-refractivity contribution in [2.45, 2.75) is 6.42 Å². The van der Waals surface area contributed by atoms with Crippen LogP contribution in [0.2, 0.25) is 0 Å². The molecule has 6 nitrogen and oxygen atoms in total. The van der Waals surface area contributed by atoms with Gasteiger partial charge in [0.2, 0.25) is 0 Å². The third kappa shape index (κ3) is 3.19. The lowest BCUT2D eigenvalue weighted by Gasteiger charge is -2.10. The van der Waals surface area contributed by atoms with Crippen LogP contribution in [0, 0.1) is 0 Å². The van der Waals surface area contributed by atoms with E-state index < -0.39 is 12.2 Å². The summed E-state index contributed by atoms with van der Waals surface area (Å²) in [5.74, 6) is 0. The lowest BCUT2D eigenvalue weighted by molar-refractivity contribution is -0.107. The van der Waals surface area contributed by atoms with Crippen LogP contribution in [0.3, 0.4) is 0 Å². The molecule has 0 aliphatic carbocycles. The van der Waals surface area contributed by atoms with Crippen molar-refractivity contribution in [3.63, 3.8) is 0 Å². The van der Waals surface area contributed by atoms with Gasteiger partial charge in [-0.1, -0.05) is 0 Å². The molecule has 0 spiro atoms. The van der Waals surface area contributed by atoms with Gasteiger partial charge >= 0.3 is 12.2 Å². The van der Waals surface area contributed by atoms with E-state index in [2.05, 4.69) is 0 Å². The van der Waals surface area contributed by atoms with Gasteiger partial charge in [-0.05, 0) is 0 Å². The number of carbonyl (C=O) groups is 3. The molecule has 0 aromatic carbocycles. The quantitative estimate of drug-likeness (QED) is 0.578. The molecular formula is C5H7NO5. The molecule has 0 saturated heterocycles. The van der Waals surface area contributed by atoms with E-state index in [9.17, 15) is 14.4 Å². The number of rotatable bonds is 3. The van der Waals surface area contributed by atoms with E-state index in [0.717, 1.165) is 0 Å². The van der Waals surface area contributed by atoms with Gasteiger partial charge in [-0.15, -0.1) is 0 Å². The summed E-state index contributed by atoms with van der Waals surface area (Å²) in [6.07, 6.45) is -2.80. The zero-order valence-electron chi connectivity index (χ0n) is 5.56. The van der Waals surface area contributed by atoms with Gasteiger partial charge in [0, 0.05) is 13.0 Å². The van der Waals surface area contributed by atoms with E-state index in [1.165, 1.54) is 0 Å². The molecule has 0 aromatic rings. The average Bonchev–Trinajstić information content (AvgIpc) is 1.87. The smallest absolute Gasteiger partial charge is 0.416 e. The van der Waals surface area contributed by atoms with Gasteiger partial charge < -0.3 is 15.0 Å². The molecule has 11 heavy (non-hydrogen) atoms. The summed E-state index contributed by atoms with van der Waals surface area (Å²) in [7, 11) is 0. The Labute approximate surface area is 62.0 Å². The van der Waals surface area contributed by atoms with Gasteiger partial charge in [0.15, 0.2) is 0 Å². The molecule has 2 N–H and O–H groups in total. The number of nitrogens with zero attached hydrogens (tertiary/aromatic N) is 1. The van der Waals surface area contributed by atoms with Crippen molar-refractivity contribution in [1.82, 2.24) is 4.90 Å². The Kier molecular flexibility index (Phi) is 3.65. The molecule has 62 valence electrons. The molecule has 0 aliphatic rings. The van der Waals surface area contributed by atoms with Crippen LogP contribution in [0.15, 0.2) is 0 Å². The molecule has 0 rings (SSSR count). The maximum absolute atomic E-state index is 10.1. The fraction of sp³-hybridized carbons (Fsp3) is 0.400. The van der Waals surface area contributed by atoms with Crippen molar-refractivity contribution >= 4 is 18.5 Å². The highest BCUT2D eigenvalue weighted by Crippen LogP contribution is 1.91. The van der Waals surface area contributed by atoms with Crippen LogP contribution in [0.4, 0.5) is 9.59 Å². The Bertz CT molecular complexity index is 164. The largest absolute Gasteiger partial charge is 0.465 e. The number of carbonyl (C=O) groups excluding carboxylic acids is 1. The van der Waals surface area contributed by atoms with E-state index in [4.69, 9.17) is 10.2 Å².